The van der Waals surface area contributed by atoms with Crippen molar-refractivity contribution in [3.63, 3.8) is 0 Å². The Kier molecular flexibility index (Phi) is 5.43. The van der Waals surface area contributed by atoms with Gasteiger partial charge in [-0.25, -0.2) is 0 Å². The third-order valence-corrected chi connectivity index (χ3v) is 11.2. The van der Waals surface area contributed by atoms with Gasteiger partial charge in [0, 0.05) is 24.6 Å². The van der Waals surface area contributed by atoms with Crippen LogP contribution in [0, 0.1) is 0 Å². The van der Waals surface area contributed by atoms with Crippen LogP contribution in [-0.4, -0.2) is 0 Å². The lowest BCUT2D eigenvalue weighted by atomic mass is 9.45. The van der Waals surface area contributed by atoms with E-state index in [4.69, 9.17) is 0 Å². The molecule has 2 heteroatoms. The summed E-state index contributed by atoms with van der Waals surface area (Å²) in [5, 5.41) is 8.09. The molecule has 1 aliphatic heterocycles. The molecule has 2 unspecified atom stereocenters. The monoisotopic (exact) mass is 570 g/mol. The lowest BCUT2D eigenvalue weighted by molar-refractivity contribution is -0.781. The fourth-order valence-corrected chi connectivity index (χ4v) is 9.52. The van der Waals surface area contributed by atoms with Crippen LogP contribution >= 0.6 is 0 Å². The molecule has 0 bridgehead atoms. The predicted molar refractivity (Wildman–Crippen MR) is 181 cm³/mol. The van der Waals surface area contributed by atoms with E-state index in [0.717, 1.165) is 19.3 Å². The van der Waals surface area contributed by atoms with Crippen LogP contribution in [0.25, 0.3) is 49.1 Å². The Labute approximate surface area is 259 Å². The number of hydrogen-bond acceptors (Lipinski definition) is 0. The molecular weight excluding hydrogens is 532 g/mol. The van der Waals surface area contributed by atoms with Crippen LogP contribution in [-0.2, 0) is 17.4 Å². The fraction of sp³-hybridized carbons (Fsp3) is 0.238. The van der Waals surface area contributed by atoms with E-state index in [9.17, 15) is 0 Å². The van der Waals surface area contributed by atoms with E-state index in [2.05, 4.69) is 145 Å². The quantitative estimate of drug-likeness (QED) is 0.144. The van der Waals surface area contributed by atoms with E-state index in [1.807, 2.05) is 0 Å². The second-order valence-corrected chi connectivity index (χ2v) is 13.0. The first-order chi connectivity index (χ1) is 21.7. The van der Waals surface area contributed by atoms with Crippen molar-refractivity contribution in [1.29, 1.82) is 0 Å². The van der Waals surface area contributed by atoms with Gasteiger partial charge in [-0.1, -0.05) is 93.9 Å². The van der Waals surface area contributed by atoms with E-state index in [1.54, 1.807) is 0 Å². The van der Waals surface area contributed by atoms with E-state index in [1.165, 1.54) is 84.3 Å². The molecule has 4 aromatic carbocycles. The van der Waals surface area contributed by atoms with Gasteiger partial charge in [-0.05, 0) is 70.1 Å². The van der Waals surface area contributed by atoms with E-state index >= 15 is 0 Å². The van der Waals surface area contributed by atoms with Crippen LogP contribution in [0.15, 0.2) is 116 Å². The first-order valence-corrected chi connectivity index (χ1v) is 16.6. The number of rotatable bonds is 5. The van der Waals surface area contributed by atoms with Gasteiger partial charge in [0.1, 0.15) is 5.41 Å². The van der Waals surface area contributed by atoms with Crippen molar-refractivity contribution < 1.29 is 8.97 Å². The molecule has 7 aromatic rings. The molecule has 4 heterocycles. The maximum absolute atomic E-state index is 2.70. The molecule has 1 aliphatic carbocycles. The van der Waals surface area contributed by atoms with Crippen molar-refractivity contribution in [1.82, 2.24) is 0 Å². The number of aromatic nitrogens is 2. The third-order valence-electron chi connectivity index (χ3n) is 11.2. The maximum atomic E-state index is 2.70. The number of hydrogen-bond donors (Lipinski definition) is 0. The summed E-state index contributed by atoms with van der Waals surface area (Å²) in [6.45, 7) is 7.11. The van der Waals surface area contributed by atoms with Crippen molar-refractivity contribution in [2.24, 2.45) is 0 Å². The van der Waals surface area contributed by atoms with Crippen LogP contribution in [0.5, 0.6) is 0 Å². The summed E-state index contributed by atoms with van der Waals surface area (Å²) in [7, 11) is 0. The number of fused-ring (bicyclic) bond motifs is 18. The van der Waals surface area contributed by atoms with Crippen molar-refractivity contribution in [2.75, 3.05) is 0 Å². The molecule has 2 nitrogen and oxygen atoms in total. The first-order valence-electron chi connectivity index (χ1n) is 16.6. The smallest absolute Gasteiger partial charge is 0.181 e. The molecular formula is C42H38N2+2. The minimum absolute atomic E-state index is 0.155. The summed E-state index contributed by atoms with van der Waals surface area (Å²) in [5.41, 5.74) is 9.52. The molecule has 44 heavy (non-hydrogen) atoms. The molecule has 0 radical (unpaired) electrons. The van der Waals surface area contributed by atoms with Crippen molar-refractivity contribution >= 4 is 37.8 Å². The SMILES string of the molecule is CCCCc1ccc2c3[n+](ccc2c1)C1(CC)c2c(c4ccc5ccccc5c4c4cccc[n+]24)C1(CC)c1ccccc1-3. The largest absolute Gasteiger partial charge is 0.266 e. The molecule has 214 valence electrons. The average Bonchev–Trinajstić information content (AvgIpc) is 3.07. The lowest BCUT2D eigenvalue weighted by Gasteiger charge is -2.55. The Morgan fingerprint density at radius 1 is 0.659 bits per heavy atom. The normalized spacial score (nSPS) is 19.9. The van der Waals surface area contributed by atoms with Crippen LogP contribution in [0.1, 0.15) is 68.8 Å². The lowest BCUT2D eigenvalue weighted by Crippen LogP contribution is -2.79. The van der Waals surface area contributed by atoms with Gasteiger partial charge in [0.05, 0.1) is 21.9 Å². The summed E-state index contributed by atoms with van der Waals surface area (Å²) < 4.78 is 5.24. The second kappa shape index (κ2) is 9.22. The Morgan fingerprint density at radius 2 is 1.48 bits per heavy atom. The summed E-state index contributed by atoms with van der Waals surface area (Å²) in [5.74, 6) is 0. The van der Waals surface area contributed by atoms with Gasteiger partial charge in [0.2, 0.25) is 11.2 Å². The molecule has 2 atom stereocenters. The molecule has 0 spiro atoms. The molecule has 9 rings (SSSR count). The van der Waals surface area contributed by atoms with E-state index < -0.39 is 0 Å². The number of pyridine rings is 3. The highest BCUT2D eigenvalue weighted by atomic mass is 15.2. The van der Waals surface area contributed by atoms with Gasteiger partial charge in [-0.2, -0.15) is 8.97 Å². The summed E-state index contributed by atoms with van der Waals surface area (Å²) in [6.07, 6.45) is 10.4. The highest BCUT2D eigenvalue weighted by Gasteiger charge is 2.78. The van der Waals surface area contributed by atoms with Gasteiger partial charge in [0.25, 0.3) is 11.2 Å². The van der Waals surface area contributed by atoms with Gasteiger partial charge in [-0.3, -0.25) is 0 Å². The predicted octanol–water partition coefficient (Wildman–Crippen LogP) is 9.36. The van der Waals surface area contributed by atoms with Crippen LogP contribution in [0.4, 0.5) is 0 Å². The minimum atomic E-state index is -0.222. The summed E-state index contributed by atoms with van der Waals surface area (Å²) >= 11 is 0. The van der Waals surface area contributed by atoms with Crippen LogP contribution in [0.2, 0.25) is 0 Å². The zero-order chi connectivity index (χ0) is 29.6. The van der Waals surface area contributed by atoms with Gasteiger partial charge >= 0.3 is 0 Å². The molecule has 0 amide bonds. The Hall–Kier alpha value is -4.56. The molecule has 0 saturated heterocycles. The highest BCUT2D eigenvalue weighted by Crippen LogP contribution is 2.66. The average molecular weight is 571 g/mol. The minimum Gasteiger partial charge on any atom is -0.181 e. The molecule has 0 saturated carbocycles. The summed E-state index contributed by atoms with van der Waals surface area (Å²) in [6, 6.07) is 39.3. The number of benzene rings is 4. The van der Waals surface area contributed by atoms with Crippen molar-refractivity contribution in [3.05, 3.63) is 138 Å². The topological polar surface area (TPSA) is 7.98 Å². The van der Waals surface area contributed by atoms with Crippen LogP contribution in [0.3, 0.4) is 0 Å². The van der Waals surface area contributed by atoms with Gasteiger partial charge in [0.15, 0.2) is 12.4 Å². The molecule has 0 N–H and O–H groups in total. The zero-order valence-corrected chi connectivity index (χ0v) is 25.9. The molecule has 2 aliphatic rings. The second-order valence-electron chi connectivity index (χ2n) is 13.0. The van der Waals surface area contributed by atoms with Crippen molar-refractivity contribution in [3.8, 4) is 11.3 Å². The Bertz CT molecular complexity index is 2310. The summed E-state index contributed by atoms with van der Waals surface area (Å²) in [4.78, 5) is 0. The Balaban J connectivity index is 1.47. The Morgan fingerprint density at radius 3 is 2.34 bits per heavy atom. The van der Waals surface area contributed by atoms with E-state index in [0.29, 0.717) is 0 Å². The molecule has 3 aromatic heterocycles. The number of aryl methyl sites for hydroxylation is 1. The standard InChI is InChI=1S/C42H38N2/c1-4-7-14-28-20-22-32-30(27-28)24-26-44-39(32)33-17-10-11-18-35(33)41(5-2)38-34-23-21-29-15-8-9-16-31(29)37(34)36-19-12-13-25-43(36)40(38)42(41,44)6-3/h8-13,15-27H,4-7,14H2,1-3H3/q+2. The van der Waals surface area contributed by atoms with E-state index in [-0.39, 0.29) is 11.0 Å². The molecule has 0 fully saturated rings. The first kappa shape index (κ1) is 25.9. The number of nitrogens with zero attached hydrogens (tertiary/aromatic N) is 2. The zero-order valence-electron chi connectivity index (χ0n) is 25.9. The third kappa shape index (κ3) is 2.92. The highest BCUT2D eigenvalue weighted by molar-refractivity contribution is 6.15. The van der Waals surface area contributed by atoms with Gasteiger partial charge in [-0.15, -0.1) is 0 Å². The number of unbranched alkanes of at least 4 members (excludes halogenated alkanes) is 1. The fourth-order valence-electron chi connectivity index (χ4n) is 9.52. The maximum Gasteiger partial charge on any atom is 0.266 e. The van der Waals surface area contributed by atoms with Crippen molar-refractivity contribution in [2.45, 2.75) is 63.8 Å². The van der Waals surface area contributed by atoms with Gasteiger partial charge < -0.3 is 0 Å². The van der Waals surface area contributed by atoms with Crippen LogP contribution < -0.4 is 8.97 Å².